The predicted molar refractivity (Wildman–Crippen MR) is 119 cm³/mol. The Morgan fingerprint density at radius 1 is 1.06 bits per heavy atom. The number of nitrogens with one attached hydrogen (secondary N) is 1. The highest BCUT2D eigenvalue weighted by atomic mass is 19.3. The fourth-order valence-electron chi connectivity index (χ4n) is 4.60. The van der Waals surface area contributed by atoms with E-state index in [4.69, 9.17) is 9.84 Å². The lowest BCUT2D eigenvalue weighted by Crippen LogP contribution is -2.35. The third-order valence-electron chi connectivity index (χ3n) is 6.53. The lowest BCUT2D eigenvalue weighted by atomic mass is 9.96. The summed E-state index contributed by atoms with van der Waals surface area (Å²) in [6.45, 7) is -2.75. The first-order valence-electron chi connectivity index (χ1n) is 11.1. The Bertz CT molecular complexity index is 1370. The fraction of sp³-hybridized carbons (Fsp3) is 0.280. The van der Waals surface area contributed by atoms with Crippen molar-refractivity contribution in [2.75, 3.05) is 6.54 Å². The van der Waals surface area contributed by atoms with Gasteiger partial charge in [-0.2, -0.15) is 13.9 Å². The van der Waals surface area contributed by atoms with E-state index in [-0.39, 0.29) is 12.3 Å². The third kappa shape index (κ3) is 3.53. The molecule has 2 unspecified atom stereocenters. The molecular formula is C25H22F2N4O3. The van der Waals surface area contributed by atoms with Crippen LogP contribution in [-0.2, 0) is 5.60 Å². The second-order valence-electron chi connectivity index (χ2n) is 8.75. The molecule has 3 heterocycles. The van der Waals surface area contributed by atoms with Crippen molar-refractivity contribution in [3.05, 3.63) is 83.2 Å². The van der Waals surface area contributed by atoms with E-state index >= 15 is 0 Å². The molecule has 4 aromatic rings. The number of rotatable bonds is 5. The fourth-order valence-corrected chi connectivity index (χ4v) is 4.60. The van der Waals surface area contributed by atoms with E-state index in [1.54, 1.807) is 22.7 Å². The normalized spacial score (nSPS) is 21.0. The maximum absolute atomic E-state index is 13.0. The van der Waals surface area contributed by atoms with E-state index < -0.39 is 24.4 Å². The van der Waals surface area contributed by atoms with Crippen LogP contribution in [0.15, 0.2) is 60.7 Å². The van der Waals surface area contributed by atoms with Gasteiger partial charge >= 0.3 is 6.61 Å². The van der Waals surface area contributed by atoms with Crippen LogP contribution in [0.4, 0.5) is 8.78 Å². The van der Waals surface area contributed by atoms with Gasteiger partial charge in [-0.05, 0) is 36.6 Å². The minimum atomic E-state index is -2.96. The van der Waals surface area contributed by atoms with Crippen LogP contribution < -0.4 is 10.1 Å². The number of fused-ring (bicyclic) bond motifs is 3. The first-order chi connectivity index (χ1) is 16.4. The topological polar surface area (TPSA) is 91.9 Å². The lowest BCUT2D eigenvalue weighted by molar-refractivity contribution is -0.0507. The van der Waals surface area contributed by atoms with E-state index in [0.29, 0.717) is 28.3 Å². The number of aliphatic hydroxyl groups is 2. The second kappa shape index (κ2) is 7.83. The van der Waals surface area contributed by atoms with Crippen LogP contribution in [-0.4, -0.2) is 38.0 Å². The van der Waals surface area contributed by atoms with Crippen LogP contribution in [0.5, 0.6) is 5.75 Å². The largest absolute Gasteiger partial charge is 0.434 e. The van der Waals surface area contributed by atoms with E-state index in [9.17, 15) is 19.0 Å². The monoisotopic (exact) mass is 464 g/mol. The van der Waals surface area contributed by atoms with Crippen molar-refractivity contribution < 1.29 is 23.7 Å². The molecule has 174 valence electrons. The highest BCUT2D eigenvalue weighted by Crippen LogP contribution is 2.45. The quantitative estimate of drug-likeness (QED) is 0.417. The summed E-state index contributed by atoms with van der Waals surface area (Å²) in [4.78, 5) is 4.58. The van der Waals surface area contributed by atoms with Crippen LogP contribution in [0.2, 0.25) is 0 Å². The van der Waals surface area contributed by atoms with E-state index in [2.05, 4.69) is 10.3 Å². The van der Waals surface area contributed by atoms with Crippen LogP contribution in [0.3, 0.4) is 0 Å². The van der Waals surface area contributed by atoms with Gasteiger partial charge in [0.1, 0.15) is 11.9 Å². The van der Waals surface area contributed by atoms with Crippen molar-refractivity contribution in [2.45, 2.75) is 37.2 Å². The molecule has 0 saturated heterocycles. The van der Waals surface area contributed by atoms with Gasteiger partial charge < -0.3 is 20.3 Å². The molecule has 2 aromatic carbocycles. The van der Waals surface area contributed by atoms with Crippen LogP contribution in [0.1, 0.15) is 47.5 Å². The average molecular weight is 464 g/mol. The molecule has 0 radical (unpaired) electrons. The van der Waals surface area contributed by atoms with Gasteiger partial charge in [0.15, 0.2) is 5.65 Å². The molecule has 7 nitrogen and oxygen atoms in total. The van der Waals surface area contributed by atoms with Gasteiger partial charge in [0, 0.05) is 17.7 Å². The van der Waals surface area contributed by atoms with Crippen molar-refractivity contribution in [1.82, 2.24) is 19.9 Å². The number of nitrogens with zero attached hydrogens (tertiary/aromatic N) is 3. The molecule has 9 heteroatoms. The molecular weight excluding hydrogens is 442 g/mol. The van der Waals surface area contributed by atoms with Crippen LogP contribution in [0.25, 0.3) is 16.9 Å². The SMILES string of the molecule is OC1CNC(c2ccccc2OC(F)F)c2c1nc1ccc(-c3ccc(C4(O)CC4)cc3)nn21. The zero-order valence-electron chi connectivity index (χ0n) is 18.0. The summed E-state index contributed by atoms with van der Waals surface area (Å²) in [5.74, 6) is 0.0528. The number of imidazole rings is 1. The van der Waals surface area contributed by atoms with Crippen LogP contribution in [0, 0.1) is 0 Å². The molecule has 0 amide bonds. The Kier molecular flexibility index (Phi) is 4.87. The first-order valence-corrected chi connectivity index (χ1v) is 11.1. The number of hydrogen-bond donors (Lipinski definition) is 3. The molecule has 34 heavy (non-hydrogen) atoms. The molecule has 2 aromatic heterocycles. The number of alkyl halides is 2. The van der Waals surface area contributed by atoms with Gasteiger partial charge in [-0.1, -0.05) is 42.5 Å². The maximum Gasteiger partial charge on any atom is 0.387 e. The zero-order valence-corrected chi connectivity index (χ0v) is 18.0. The maximum atomic E-state index is 13.0. The van der Waals surface area contributed by atoms with E-state index in [1.807, 2.05) is 36.4 Å². The lowest BCUT2D eigenvalue weighted by Gasteiger charge is -2.28. The summed E-state index contributed by atoms with van der Waals surface area (Å²) in [6.07, 6.45) is 0.675. The third-order valence-corrected chi connectivity index (χ3v) is 6.53. The number of benzene rings is 2. The van der Waals surface area contributed by atoms with Gasteiger partial charge in [0.25, 0.3) is 0 Å². The molecule has 6 rings (SSSR count). The number of para-hydroxylation sites is 1. The van der Waals surface area contributed by atoms with Gasteiger partial charge in [-0.25, -0.2) is 9.50 Å². The van der Waals surface area contributed by atoms with Crippen molar-refractivity contribution in [1.29, 1.82) is 0 Å². The van der Waals surface area contributed by atoms with Crippen molar-refractivity contribution >= 4 is 5.65 Å². The minimum absolute atomic E-state index is 0.0528. The van der Waals surface area contributed by atoms with Crippen molar-refractivity contribution in [3.8, 4) is 17.0 Å². The van der Waals surface area contributed by atoms with E-state index in [0.717, 1.165) is 24.0 Å². The molecule has 1 saturated carbocycles. The Balaban J connectivity index is 1.45. The highest BCUT2D eigenvalue weighted by molar-refractivity contribution is 5.62. The molecule has 3 N–H and O–H groups in total. The highest BCUT2D eigenvalue weighted by Gasteiger charge is 2.42. The Hall–Kier alpha value is -3.40. The second-order valence-corrected chi connectivity index (χ2v) is 8.75. The van der Waals surface area contributed by atoms with Gasteiger partial charge in [0.05, 0.1) is 28.7 Å². The standard InChI is InChI=1S/C25H22F2N4O3/c26-24(27)34-19-4-2-1-3-16(19)21-23-22(18(32)13-28-21)29-20-10-9-17(30-31(20)23)14-5-7-15(8-6-14)25(33)11-12-25/h1-10,18,21,24,28,32-33H,11-13H2. The summed E-state index contributed by atoms with van der Waals surface area (Å²) >= 11 is 0. The Labute approximate surface area is 193 Å². The van der Waals surface area contributed by atoms with Gasteiger partial charge in [-0.3, -0.25) is 0 Å². The molecule has 1 fully saturated rings. The Morgan fingerprint density at radius 3 is 2.56 bits per heavy atom. The van der Waals surface area contributed by atoms with Crippen LogP contribution >= 0.6 is 0 Å². The molecule has 0 bridgehead atoms. The predicted octanol–water partition coefficient (Wildman–Crippen LogP) is 3.71. The molecule has 1 aliphatic heterocycles. The Morgan fingerprint density at radius 2 is 1.82 bits per heavy atom. The van der Waals surface area contributed by atoms with E-state index in [1.165, 1.54) is 6.07 Å². The summed E-state index contributed by atoms with van der Waals surface area (Å²) in [5.41, 5.74) is 3.79. The number of β-amino-alcohol motifs (C(OH)–C–C–N with tert-alkyl or cyclic N) is 1. The number of aromatic nitrogens is 3. The number of halogens is 2. The minimum Gasteiger partial charge on any atom is -0.434 e. The molecule has 1 aliphatic carbocycles. The summed E-state index contributed by atoms with van der Waals surface area (Å²) in [7, 11) is 0. The van der Waals surface area contributed by atoms with Gasteiger partial charge in [-0.15, -0.1) is 0 Å². The smallest absolute Gasteiger partial charge is 0.387 e. The molecule has 0 spiro atoms. The van der Waals surface area contributed by atoms with Crippen molar-refractivity contribution in [2.24, 2.45) is 0 Å². The van der Waals surface area contributed by atoms with Crippen molar-refractivity contribution in [3.63, 3.8) is 0 Å². The summed E-state index contributed by atoms with van der Waals surface area (Å²) < 4.78 is 32.5. The molecule has 2 aliphatic rings. The number of ether oxygens (including phenoxy) is 1. The summed E-state index contributed by atoms with van der Waals surface area (Å²) in [6, 6.07) is 17.3. The van der Waals surface area contributed by atoms with Gasteiger partial charge in [0.2, 0.25) is 0 Å². The average Bonchev–Trinajstić information content (AvgIpc) is 3.47. The number of aliphatic hydroxyl groups excluding tert-OH is 1. The number of hydrogen-bond acceptors (Lipinski definition) is 6. The zero-order chi connectivity index (χ0) is 23.4. The summed E-state index contributed by atoms with van der Waals surface area (Å²) in [5, 5.41) is 28.9. The first kappa shape index (κ1) is 21.2. The molecule has 2 atom stereocenters.